The van der Waals surface area contributed by atoms with Crippen molar-refractivity contribution in [3.05, 3.63) is 29.3 Å². The molecule has 0 spiro atoms. The lowest BCUT2D eigenvalue weighted by molar-refractivity contribution is 0.373. The van der Waals surface area contributed by atoms with Gasteiger partial charge in [-0.15, -0.1) is 0 Å². The zero-order chi connectivity index (χ0) is 13.3. The Bertz CT molecular complexity index is 404. The van der Waals surface area contributed by atoms with Crippen LogP contribution in [-0.2, 0) is 0 Å². The number of benzene rings is 1. The Morgan fingerprint density at radius 1 is 1.11 bits per heavy atom. The second kappa shape index (κ2) is 5.31. The minimum absolute atomic E-state index is 0.403. The molecule has 2 nitrogen and oxygen atoms in total. The first-order valence-corrected chi connectivity index (χ1v) is 7.13. The summed E-state index contributed by atoms with van der Waals surface area (Å²) >= 11 is 0. The molecule has 0 amide bonds. The summed E-state index contributed by atoms with van der Waals surface area (Å²) in [5.41, 5.74) is 10.00. The molecule has 2 heteroatoms. The maximum Gasteiger partial charge on any atom is 0.0377 e. The summed E-state index contributed by atoms with van der Waals surface area (Å²) in [7, 11) is 0. The van der Waals surface area contributed by atoms with Crippen LogP contribution < -0.4 is 11.1 Å². The minimum Gasteiger partial charge on any atom is -0.382 e. The molecule has 18 heavy (non-hydrogen) atoms. The Kier molecular flexibility index (Phi) is 3.96. The molecule has 1 fully saturated rings. The molecule has 0 saturated heterocycles. The normalized spacial score (nSPS) is 23.3. The van der Waals surface area contributed by atoms with E-state index in [4.69, 9.17) is 5.73 Å². The summed E-state index contributed by atoms with van der Waals surface area (Å²) in [5.74, 6) is 1.15. The Balaban J connectivity index is 2.18. The van der Waals surface area contributed by atoms with Crippen molar-refractivity contribution >= 4 is 5.69 Å². The maximum atomic E-state index is 5.84. The number of nitrogens with one attached hydrogen (secondary N) is 1. The molecule has 0 radical (unpaired) electrons. The van der Waals surface area contributed by atoms with E-state index in [1.807, 2.05) is 0 Å². The van der Waals surface area contributed by atoms with E-state index in [1.54, 1.807) is 0 Å². The van der Waals surface area contributed by atoms with Gasteiger partial charge in [0.25, 0.3) is 0 Å². The van der Waals surface area contributed by atoms with Crippen LogP contribution in [0.2, 0.25) is 0 Å². The molecule has 1 aromatic rings. The third-order valence-electron chi connectivity index (χ3n) is 3.90. The van der Waals surface area contributed by atoms with Crippen molar-refractivity contribution in [3.8, 4) is 0 Å². The first-order valence-electron chi connectivity index (χ1n) is 7.13. The topological polar surface area (TPSA) is 38.0 Å². The Hall–Kier alpha value is -1.02. The fourth-order valence-electron chi connectivity index (χ4n) is 2.55. The SMILES string of the molecule is CC(C)c1ccc(NC2CC(N)C2)c(C(C)C)c1. The van der Waals surface area contributed by atoms with E-state index >= 15 is 0 Å². The molecule has 0 aromatic heterocycles. The summed E-state index contributed by atoms with van der Waals surface area (Å²) in [4.78, 5) is 0. The second-order valence-corrected chi connectivity index (χ2v) is 6.23. The molecular weight excluding hydrogens is 220 g/mol. The molecule has 0 aliphatic heterocycles. The van der Waals surface area contributed by atoms with Gasteiger partial charge in [-0.1, -0.05) is 39.8 Å². The molecule has 1 aromatic carbocycles. The van der Waals surface area contributed by atoms with Crippen LogP contribution in [0.4, 0.5) is 5.69 Å². The number of nitrogens with two attached hydrogens (primary N) is 1. The van der Waals surface area contributed by atoms with Crippen molar-refractivity contribution in [3.63, 3.8) is 0 Å². The van der Waals surface area contributed by atoms with E-state index in [0.29, 0.717) is 23.9 Å². The second-order valence-electron chi connectivity index (χ2n) is 6.23. The highest BCUT2D eigenvalue weighted by atomic mass is 15.0. The van der Waals surface area contributed by atoms with Crippen LogP contribution in [0.1, 0.15) is 63.5 Å². The number of hydrogen-bond donors (Lipinski definition) is 2. The average Bonchev–Trinajstić information content (AvgIpc) is 2.26. The lowest BCUT2D eigenvalue weighted by Gasteiger charge is -2.35. The van der Waals surface area contributed by atoms with E-state index in [9.17, 15) is 0 Å². The molecule has 0 heterocycles. The van der Waals surface area contributed by atoms with Gasteiger partial charge < -0.3 is 11.1 Å². The van der Waals surface area contributed by atoms with Gasteiger partial charge in [-0.3, -0.25) is 0 Å². The van der Waals surface area contributed by atoms with Crippen LogP contribution >= 0.6 is 0 Å². The van der Waals surface area contributed by atoms with Crippen LogP contribution in [0.5, 0.6) is 0 Å². The predicted molar refractivity (Wildman–Crippen MR) is 79.2 cm³/mol. The highest BCUT2D eigenvalue weighted by molar-refractivity contribution is 5.55. The van der Waals surface area contributed by atoms with Gasteiger partial charge in [-0.05, 0) is 41.9 Å². The van der Waals surface area contributed by atoms with Gasteiger partial charge >= 0.3 is 0 Å². The molecule has 1 aliphatic carbocycles. The van der Waals surface area contributed by atoms with Crippen molar-refractivity contribution in [2.24, 2.45) is 5.73 Å². The third kappa shape index (κ3) is 2.86. The van der Waals surface area contributed by atoms with Crippen molar-refractivity contribution in [2.75, 3.05) is 5.32 Å². The van der Waals surface area contributed by atoms with Gasteiger partial charge in [-0.25, -0.2) is 0 Å². The summed E-state index contributed by atoms with van der Waals surface area (Å²) in [6.07, 6.45) is 2.20. The maximum absolute atomic E-state index is 5.84. The van der Waals surface area contributed by atoms with E-state index in [-0.39, 0.29) is 0 Å². The Morgan fingerprint density at radius 2 is 1.78 bits per heavy atom. The standard InChI is InChI=1S/C16H26N2/c1-10(2)12-5-6-16(15(7-12)11(3)4)18-14-8-13(17)9-14/h5-7,10-11,13-14,18H,8-9,17H2,1-4H3. The van der Waals surface area contributed by atoms with Crippen LogP contribution in [0.15, 0.2) is 18.2 Å². The van der Waals surface area contributed by atoms with E-state index in [2.05, 4.69) is 51.2 Å². The highest BCUT2D eigenvalue weighted by Crippen LogP contribution is 2.31. The number of anilines is 1. The summed E-state index contributed by atoms with van der Waals surface area (Å²) in [6.45, 7) is 9.02. The van der Waals surface area contributed by atoms with Crippen LogP contribution in [0, 0.1) is 0 Å². The quantitative estimate of drug-likeness (QED) is 0.847. The lowest BCUT2D eigenvalue weighted by Crippen LogP contribution is -2.44. The van der Waals surface area contributed by atoms with Gasteiger partial charge in [0, 0.05) is 17.8 Å². The van der Waals surface area contributed by atoms with Gasteiger partial charge in [-0.2, -0.15) is 0 Å². The molecule has 0 unspecified atom stereocenters. The van der Waals surface area contributed by atoms with Crippen molar-refractivity contribution in [1.82, 2.24) is 0 Å². The predicted octanol–water partition coefficient (Wildman–Crippen LogP) is 3.84. The summed E-state index contributed by atoms with van der Waals surface area (Å²) < 4.78 is 0. The molecule has 1 aliphatic rings. The minimum atomic E-state index is 0.403. The monoisotopic (exact) mass is 246 g/mol. The Labute approximate surface area is 111 Å². The zero-order valence-corrected chi connectivity index (χ0v) is 12.0. The fourth-order valence-corrected chi connectivity index (χ4v) is 2.55. The van der Waals surface area contributed by atoms with Gasteiger partial charge in [0.05, 0.1) is 0 Å². The molecule has 100 valence electrons. The summed E-state index contributed by atoms with van der Waals surface area (Å²) in [6, 6.07) is 7.82. The average molecular weight is 246 g/mol. The highest BCUT2D eigenvalue weighted by Gasteiger charge is 2.26. The van der Waals surface area contributed by atoms with Crippen molar-refractivity contribution in [1.29, 1.82) is 0 Å². The van der Waals surface area contributed by atoms with Crippen LogP contribution in [-0.4, -0.2) is 12.1 Å². The van der Waals surface area contributed by atoms with Gasteiger partial charge in [0.15, 0.2) is 0 Å². The summed E-state index contributed by atoms with van der Waals surface area (Å²) in [5, 5.41) is 3.64. The largest absolute Gasteiger partial charge is 0.382 e. The zero-order valence-electron chi connectivity index (χ0n) is 12.0. The van der Waals surface area contributed by atoms with Crippen LogP contribution in [0.3, 0.4) is 0 Å². The van der Waals surface area contributed by atoms with E-state index in [1.165, 1.54) is 16.8 Å². The molecule has 2 rings (SSSR count). The van der Waals surface area contributed by atoms with Crippen molar-refractivity contribution in [2.45, 2.75) is 64.5 Å². The number of hydrogen-bond acceptors (Lipinski definition) is 2. The molecule has 1 saturated carbocycles. The van der Waals surface area contributed by atoms with Crippen LogP contribution in [0.25, 0.3) is 0 Å². The molecule has 3 N–H and O–H groups in total. The number of rotatable bonds is 4. The first-order chi connectivity index (χ1) is 8.47. The Morgan fingerprint density at radius 3 is 2.28 bits per heavy atom. The third-order valence-corrected chi connectivity index (χ3v) is 3.90. The fraction of sp³-hybridized carbons (Fsp3) is 0.625. The van der Waals surface area contributed by atoms with Crippen molar-refractivity contribution < 1.29 is 0 Å². The van der Waals surface area contributed by atoms with E-state index < -0.39 is 0 Å². The van der Waals surface area contributed by atoms with E-state index in [0.717, 1.165) is 12.8 Å². The first kappa shape index (κ1) is 13.4. The molecule has 0 atom stereocenters. The smallest absolute Gasteiger partial charge is 0.0377 e. The van der Waals surface area contributed by atoms with Gasteiger partial charge in [0.1, 0.15) is 0 Å². The lowest BCUT2D eigenvalue weighted by atomic mass is 9.86. The molecular formula is C16H26N2. The molecule has 0 bridgehead atoms. The van der Waals surface area contributed by atoms with Gasteiger partial charge in [0.2, 0.25) is 0 Å².